The van der Waals surface area contributed by atoms with Gasteiger partial charge in [0.15, 0.2) is 5.16 Å². The van der Waals surface area contributed by atoms with Gasteiger partial charge in [-0.2, -0.15) is 0 Å². The second kappa shape index (κ2) is 9.71. The molecule has 1 aliphatic carbocycles. The fraction of sp³-hybridized carbons (Fsp3) is 0.375. The number of carbonyl (C=O) groups excluding carboxylic acids is 1. The van der Waals surface area contributed by atoms with Gasteiger partial charge in [-0.1, -0.05) is 73.9 Å². The molecule has 0 atom stereocenters. The maximum Gasteiger partial charge on any atom is 0.322 e. The van der Waals surface area contributed by atoms with E-state index in [1.54, 1.807) is 0 Å². The van der Waals surface area contributed by atoms with E-state index in [4.69, 9.17) is 9.40 Å². The number of nitrogens with zero attached hydrogens (tertiary/aromatic N) is 4. The lowest BCUT2D eigenvalue weighted by Crippen LogP contribution is -2.27. The summed E-state index contributed by atoms with van der Waals surface area (Å²) in [5, 5.41) is 13.7. The number of hydrogen-bond donors (Lipinski definition) is 1. The summed E-state index contributed by atoms with van der Waals surface area (Å²) in [6, 6.07) is 10.1. The van der Waals surface area contributed by atoms with Gasteiger partial charge in [-0.15, -0.1) is 16.4 Å². The topological polar surface area (TPSA) is 103 Å². The number of aromatic nitrogens is 4. The SMILES string of the molecule is CC(C)c1nnc(NC(=O)CSc2nc3scc(-c4ccccc4)c3c(=O)n2C2CCCC2)o1. The first kappa shape index (κ1) is 22.8. The first-order valence-electron chi connectivity index (χ1n) is 11.4. The van der Waals surface area contributed by atoms with Crippen LogP contribution in [0.2, 0.25) is 0 Å². The summed E-state index contributed by atoms with van der Waals surface area (Å²) < 4.78 is 7.28. The Kier molecular flexibility index (Phi) is 6.51. The average Bonchev–Trinajstić information content (AvgIpc) is 3.59. The van der Waals surface area contributed by atoms with Crippen LogP contribution in [0, 0.1) is 0 Å². The summed E-state index contributed by atoms with van der Waals surface area (Å²) in [6.45, 7) is 3.87. The number of amides is 1. The van der Waals surface area contributed by atoms with Gasteiger partial charge in [0.2, 0.25) is 11.8 Å². The molecule has 1 amide bonds. The van der Waals surface area contributed by atoms with Gasteiger partial charge in [-0.3, -0.25) is 19.5 Å². The summed E-state index contributed by atoms with van der Waals surface area (Å²) in [5.74, 6) is 0.349. The number of thioether (sulfide) groups is 1. The standard InChI is InChI=1S/C24H25N5O3S2/c1-14(2)20-27-28-23(32-20)25-18(30)13-34-24-26-21-19(22(31)29(24)16-10-6-7-11-16)17(12-33-21)15-8-4-3-5-9-15/h3-5,8-9,12,14,16H,6-7,10-11,13H2,1-2H3,(H,25,28,30). The molecule has 4 aromatic rings. The summed E-state index contributed by atoms with van der Waals surface area (Å²) in [6.07, 6.45) is 4.06. The summed E-state index contributed by atoms with van der Waals surface area (Å²) in [5.41, 5.74) is 1.89. The molecule has 1 aromatic carbocycles. The van der Waals surface area contributed by atoms with Crippen molar-refractivity contribution in [3.05, 3.63) is 52.0 Å². The van der Waals surface area contributed by atoms with Gasteiger partial charge < -0.3 is 4.42 Å². The minimum Gasteiger partial charge on any atom is -0.408 e. The molecule has 3 aromatic heterocycles. The van der Waals surface area contributed by atoms with Gasteiger partial charge in [0, 0.05) is 22.9 Å². The Bertz CT molecular complexity index is 1370. The molecule has 0 spiro atoms. The van der Waals surface area contributed by atoms with E-state index in [0.717, 1.165) is 36.8 Å². The van der Waals surface area contributed by atoms with E-state index < -0.39 is 0 Å². The van der Waals surface area contributed by atoms with Crippen LogP contribution in [0.15, 0.2) is 50.1 Å². The molecule has 176 valence electrons. The summed E-state index contributed by atoms with van der Waals surface area (Å²) >= 11 is 2.72. The lowest BCUT2D eigenvalue weighted by atomic mass is 10.1. The first-order chi connectivity index (χ1) is 16.5. The quantitative estimate of drug-likeness (QED) is 0.268. The third-order valence-corrected chi connectivity index (χ3v) is 7.72. The number of nitrogens with one attached hydrogen (secondary N) is 1. The zero-order valence-corrected chi connectivity index (χ0v) is 20.6. The molecule has 10 heteroatoms. The van der Waals surface area contributed by atoms with Crippen molar-refractivity contribution in [2.75, 3.05) is 11.1 Å². The van der Waals surface area contributed by atoms with Crippen molar-refractivity contribution in [1.82, 2.24) is 19.7 Å². The third-order valence-electron chi connectivity index (χ3n) is 5.90. The van der Waals surface area contributed by atoms with E-state index in [-0.39, 0.29) is 35.2 Å². The molecule has 8 nitrogen and oxygen atoms in total. The fourth-order valence-electron chi connectivity index (χ4n) is 4.21. The Morgan fingerprint density at radius 2 is 2.00 bits per heavy atom. The van der Waals surface area contributed by atoms with Crippen LogP contribution >= 0.6 is 23.1 Å². The van der Waals surface area contributed by atoms with Crippen molar-refractivity contribution in [1.29, 1.82) is 0 Å². The number of hydrogen-bond acceptors (Lipinski definition) is 8. The normalized spacial score (nSPS) is 14.3. The molecule has 3 heterocycles. The van der Waals surface area contributed by atoms with E-state index >= 15 is 0 Å². The molecule has 0 unspecified atom stereocenters. The fourth-order valence-corrected chi connectivity index (χ4v) is 6.06. The molecule has 1 N–H and O–H groups in total. The van der Waals surface area contributed by atoms with E-state index in [1.807, 2.05) is 54.1 Å². The van der Waals surface area contributed by atoms with Gasteiger partial charge in [-0.25, -0.2) is 4.98 Å². The van der Waals surface area contributed by atoms with Gasteiger partial charge in [0.1, 0.15) is 4.83 Å². The Morgan fingerprint density at radius 3 is 2.71 bits per heavy atom. The molecular weight excluding hydrogens is 470 g/mol. The second-order valence-corrected chi connectivity index (χ2v) is 10.4. The molecule has 1 aliphatic rings. The lowest BCUT2D eigenvalue weighted by molar-refractivity contribution is -0.113. The number of rotatable bonds is 7. The number of thiophene rings is 1. The molecule has 0 radical (unpaired) electrons. The van der Waals surface area contributed by atoms with E-state index in [0.29, 0.717) is 21.3 Å². The maximum absolute atomic E-state index is 13.8. The van der Waals surface area contributed by atoms with Crippen molar-refractivity contribution in [2.24, 2.45) is 0 Å². The number of fused-ring (bicyclic) bond motifs is 1. The van der Waals surface area contributed by atoms with Crippen LogP contribution in [-0.2, 0) is 4.79 Å². The van der Waals surface area contributed by atoms with Gasteiger partial charge in [0.05, 0.1) is 11.1 Å². The summed E-state index contributed by atoms with van der Waals surface area (Å²) in [7, 11) is 0. The molecule has 0 aliphatic heterocycles. The first-order valence-corrected chi connectivity index (χ1v) is 13.2. The Labute approximate surface area is 204 Å². The number of carbonyl (C=O) groups is 1. The molecule has 0 bridgehead atoms. The van der Waals surface area contributed by atoms with Crippen molar-refractivity contribution in [2.45, 2.75) is 56.6 Å². The molecule has 5 rings (SSSR count). The molecule has 1 fully saturated rings. The Hall–Kier alpha value is -2.98. The van der Waals surface area contributed by atoms with E-state index in [9.17, 15) is 9.59 Å². The zero-order valence-electron chi connectivity index (χ0n) is 19.0. The molecular formula is C24H25N5O3S2. The predicted octanol–water partition coefficient (Wildman–Crippen LogP) is 5.48. The van der Waals surface area contributed by atoms with Gasteiger partial charge in [-0.05, 0) is 18.4 Å². The lowest BCUT2D eigenvalue weighted by Gasteiger charge is -2.18. The van der Waals surface area contributed by atoms with E-state index in [1.165, 1.54) is 23.1 Å². The largest absolute Gasteiger partial charge is 0.408 e. The van der Waals surface area contributed by atoms with Gasteiger partial charge in [0.25, 0.3) is 5.56 Å². The van der Waals surface area contributed by atoms with Crippen molar-refractivity contribution >= 4 is 45.2 Å². The highest BCUT2D eigenvalue weighted by atomic mass is 32.2. The van der Waals surface area contributed by atoms with Crippen LogP contribution in [0.25, 0.3) is 21.3 Å². The average molecular weight is 496 g/mol. The Morgan fingerprint density at radius 1 is 1.24 bits per heavy atom. The minimum absolute atomic E-state index is 0.0293. The van der Waals surface area contributed by atoms with Gasteiger partial charge >= 0.3 is 6.01 Å². The molecule has 34 heavy (non-hydrogen) atoms. The summed E-state index contributed by atoms with van der Waals surface area (Å²) in [4.78, 5) is 31.9. The van der Waals surface area contributed by atoms with Crippen LogP contribution in [0.4, 0.5) is 6.01 Å². The van der Waals surface area contributed by atoms with Crippen LogP contribution in [0.1, 0.15) is 57.4 Å². The highest BCUT2D eigenvalue weighted by Crippen LogP contribution is 2.36. The molecule has 1 saturated carbocycles. The smallest absolute Gasteiger partial charge is 0.322 e. The zero-order chi connectivity index (χ0) is 23.7. The van der Waals surface area contributed by atoms with E-state index in [2.05, 4.69) is 15.5 Å². The highest BCUT2D eigenvalue weighted by Gasteiger charge is 2.25. The number of benzene rings is 1. The van der Waals surface area contributed by atoms with Crippen molar-refractivity contribution < 1.29 is 9.21 Å². The van der Waals surface area contributed by atoms with Crippen molar-refractivity contribution in [3.63, 3.8) is 0 Å². The monoisotopic (exact) mass is 495 g/mol. The van der Waals surface area contributed by atoms with Crippen LogP contribution in [0.3, 0.4) is 0 Å². The minimum atomic E-state index is -0.285. The Balaban J connectivity index is 1.44. The molecule has 0 saturated heterocycles. The predicted molar refractivity (Wildman–Crippen MR) is 135 cm³/mol. The van der Waals surface area contributed by atoms with Crippen molar-refractivity contribution in [3.8, 4) is 11.1 Å². The van der Waals surface area contributed by atoms with Crippen LogP contribution in [-0.4, -0.2) is 31.4 Å². The highest BCUT2D eigenvalue weighted by molar-refractivity contribution is 7.99. The van der Waals surface area contributed by atoms with Crippen LogP contribution in [0.5, 0.6) is 0 Å². The number of anilines is 1. The second-order valence-electron chi connectivity index (χ2n) is 8.64. The third kappa shape index (κ3) is 4.52. The van der Waals surface area contributed by atoms with Crippen LogP contribution < -0.4 is 10.9 Å². The maximum atomic E-state index is 13.8.